The number of carbonyl (C=O) groups excluding carboxylic acids is 1. The van der Waals surface area contributed by atoms with Crippen molar-refractivity contribution in [3.8, 4) is 0 Å². The molecule has 1 aliphatic rings. The van der Waals surface area contributed by atoms with Gasteiger partial charge in [0.05, 0.1) is 0 Å². The molecule has 0 saturated heterocycles. The van der Waals surface area contributed by atoms with E-state index in [1.807, 2.05) is 19.0 Å². The van der Waals surface area contributed by atoms with Crippen LogP contribution in [-0.2, 0) is 0 Å². The normalized spacial score (nSPS) is 14.6. The van der Waals surface area contributed by atoms with Gasteiger partial charge in [0.1, 0.15) is 10.7 Å². The molecule has 0 atom stereocenters. The second-order valence-electron chi connectivity index (χ2n) is 4.78. The van der Waals surface area contributed by atoms with E-state index in [2.05, 4.69) is 11.9 Å². The third kappa shape index (κ3) is 2.58. The van der Waals surface area contributed by atoms with Crippen LogP contribution in [-0.4, -0.2) is 42.5 Å². The number of anilines is 2. The largest absolute Gasteiger partial charge is 0.382 e. The Morgan fingerprint density at radius 3 is 2.72 bits per heavy atom. The van der Waals surface area contributed by atoms with Crippen LogP contribution in [0.2, 0.25) is 0 Å². The molecule has 5 nitrogen and oxygen atoms in total. The molecule has 1 heterocycles. The van der Waals surface area contributed by atoms with Crippen molar-refractivity contribution >= 4 is 28.2 Å². The molecule has 0 bridgehead atoms. The highest BCUT2D eigenvalue weighted by molar-refractivity contribution is 7.18. The number of hydrogen-bond donors (Lipinski definition) is 1. The van der Waals surface area contributed by atoms with Crippen LogP contribution in [0.5, 0.6) is 0 Å². The van der Waals surface area contributed by atoms with Gasteiger partial charge in [0.2, 0.25) is 0 Å². The Balaban J connectivity index is 2.15. The van der Waals surface area contributed by atoms with Crippen molar-refractivity contribution in [2.45, 2.75) is 32.2 Å². The molecule has 1 saturated carbocycles. The van der Waals surface area contributed by atoms with Crippen LogP contribution in [0.25, 0.3) is 0 Å². The average molecular weight is 268 g/mol. The van der Waals surface area contributed by atoms with E-state index in [0.29, 0.717) is 16.7 Å². The first-order chi connectivity index (χ1) is 8.54. The first kappa shape index (κ1) is 13.1. The van der Waals surface area contributed by atoms with Crippen LogP contribution in [0.15, 0.2) is 0 Å². The van der Waals surface area contributed by atoms with Gasteiger partial charge in [-0.2, -0.15) is 0 Å². The molecule has 1 fully saturated rings. The predicted molar refractivity (Wildman–Crippen MR) is 75.2 cm³/mol. The molecule has 18 heavy (non-hydrogen) atoms. The van der Waals surface area contributed by atoms with E-state index in [-0.39, 0.29) is 5.91 Å². The van der Waals surface area contributed by atoms with Crippen LogP contribution >= 0.6 is 11.3 Å². The number of amides is 1. The molecule has 1 amide bonds. The van der Waals surface area contributed by atoms with Gasteiger partial charge >= 0.3 is 0 Å². The number of carbonyl (C=O) groups is 1. The maximum atomic E-state index is 12.2. The van der Waals surface area contributed by atoms with Crippen molar-refractivity contribution in [2.24, 2.45) is 0 Å². The second kappa shape index (κ2) is 5.14. The maximum absolute atomic E-state index is 12.2. The van der Waals surface area contributed by atoms with Gasteiger partial charge in [-0.25, -0.2) is 4.98 Å². The zero-order valence-electron chi connectivity index (χ0n) is 11.1. The molecule has 0 unspecified atom stereocenters. The summed E-state index contributed by atoms with van der Waals surface area (Å²) >= 11 is 1.39. The first-order valence-electron chi connectivity index (χ1n) is 6.29. The van der Waals surface area contributed by atoms with E-state index in [1.54, 1.807) is 4.90 Å². The average Bonchev–Trinajstić information content (AvgIpc) is 3.11. The highest BCUT2D eigenvalue weighted by Gasteiger charge is 2.32. The summed E-state index contributed by atoms with van der Waals surface area (Å²) in [5.41, 5.74) is 5.86. The monoisotopic (exact) mass is 268 g/mol. The van der Waals surface area contributed by atoms with Gasteiger partial charge in [-0.3, -0.25) is 4.79 Å². The van der Waals surface area contributed by atoms with Crippen LogP contribution in [0.4, 0.5) is 10.9 Å². The Hall–Kier alpha value is -1.30. The molecule has 1 aliphatic carbocycles. The van der Waals surface area contributed by atoms with Gasteiger partial charge in [-0.1, -0.05) is 18.3 Å². The van der Waals surface area contributed by atoms with Crippen molar-refractivity contribution in [1.29, 1.82) is 0 Å². The van der Waals surface area contributed by atoms with E-state index in [0.717, 1.165) is 30.9 Å². The van der Waals surface area contributed by atoms with Gasteiger partial charge in [-0.15, -0.1) is 0 Å². The van der Waals surface area contributed by atoms with Gasteiger partial charge < -0.3 is 15.5 Å². The number of nitrogen functional groups attached to an aromatic ring is 1. The summed E-state index contributed by atoms with van der Waals surface area (Å²) < 4.78 is 0. The van der Waals surface area contributed by atoms with E-state index >= 15 is 0 Å². The topological polar surface area (TPSA) is 62.5 Å². The molecule has 2 rings (SSSR count). The zero-order valence-corrected chi connectivity index (χ0v) is 12.0. The zero-order chi connectivity index (χ0) is 13.3. The lowest BCUT2D eigenvalue weighted by Gasteiger charge is -2.15. The molecule has 0 radical (unpaired) electrons. The van der Waals surface area contributed by atoms with E-state index in [9.17, 15) is 4.79 Å². The van der Waals surface area contributed by atoms with Gasteiger partial charge in [0, 0.05) is 26.7 Å². The Bertz CT molecular complexity index is 441. The Kier molecular flexibility index (Phi) is 3.75. The molecule has 1 aromatic heterocycles. The van der Waals surface area contributed by atoms with Crippen molar-refractivity contribution in [1.82, 2.24) is 9.88 Å². The van der Waals surface area contributed by atoms with E-state index < -0.39 is 0 Å². The molecular weight excluding hydrogens is 248 g/mol. The molecule has 100 valence electrons. The van der Waals surface area contributed by atoms with Crippen molar-refractivity contribution in [3.63, 3.8) is 0 Å². The maximum Gasteiger partial charge on any atom is 0.267 e. The van der Waals surface area contributed by atoms with Crippen molar-refractivity contribution < 1.29 is 4.79 Å². The first-order valence-corrected chi connectivity index (χ1v) is 7.10. The number of nitrogens with zero attached hydrogens (tertiary/aromatic N) is 3. The van der Waals surface area contributed by atoms with Crippen LogP contribution in [0.3, 0.4) is 0 Å². The fourth-order valence-electron chi connectivity index (χ4n) is 1.86. The lowest BCUT2D eigenvalue weighted by Crippen LogP contribution is -2.28. The number of thiazole rings is 1. The highest BCUT2D eigenvalue weighted by atomic mass is 32.1. The van der Waals surface area contributed by atoms with E-state index in [1.165, 1.54) is 11.3 Å². The minimum Gasteiger partial charge on any atom is -0.382 e. The number of nitrogens with two attached hydrogens (primary N) is 1. The van der Waals surface area contributed by atoms with Crippen molar-refractivity contribution in [2.75, 3.05) is 31.3 Å². The molecule has 6 heteroatoms. The minimum absolute atomic E-state index is 0.00338. The molecule has 2 N–H and O–H groups in total. The van der Waals surface area contributed by atoms with Crippen LogP contribution in [0, 0.1) is 0 Å². The van der Waals surface area contributed by atoms with Crippen LogP contribution in [0.1, 0.15) is 35.9 Å². The van der Waals surface area contributed by atoms with Gasteiger partial charge in [0.25, 0.3) is 5.91 Å². The summed E-state index contributed by atoms with van der Waals surface area (Å²) in [6.07, 6.45) is 3.24. The summed E-state index contributed by atoms with van der Waals surface area (Å²) in [5, 5.41) is 0.821. The molecule has 1 aromatic rings. The molecular formula is C12H20N4OS. The Labute approximate surface area is 112 Å². The standard InChI is InChI=1S/C12H20N4OS/c1-4-7-15(2)12-14-10(13)9(18-12)11(17)16(3)8-5-6-8/h8H,4-7,13H2,1-3H3. The summed E-state index contributed by atoms with van der Waals surface area (Å²) in [6, 6.07) is 0.399. The van der Waals surface area contributed by atoms with Crippen LogP contribution < -0.4 is 10.6 Å². The number of rotatable bonds is 5. The Morgan fingerprint density at radius 1 is 1.50 bits per heavy atom. The van der Waals surface area contributed by atoms with Crippen molar-refractivity contribution in [3.05, 3.63) is 4.88 Å². The SMILES string of the molecule is CCCN(C)c1nc(N)c(C(=O)N(C)C2CC2)s1. The fraction of sp³-hybridized carbons (Fsp3) is 0.667. The quantitative estimate of drug-likeness (QED) is 0.884. The third-order valence-electron chi connectivity index (χ3n) is 3.14. The lowest BCUT2D eigenvalue weighted by molar-refractivity contribution is 0.0790. The third-order valence-corrected chi connectivity index (χ3v) is 4.31. The molecule has 0 aromatic carbocycles. The summed E-state index contributed by atoms with van der Waals surface area (Å²) in [4.78, 5) is 20.9. The van der Waals surface area contributed by atoms with E-state index in [4.69, 9.17) is 5.73 Å². The predicted octanol–water partition coefficient (Wildman–Crippen LogP) is 1.81. The number of aromatic nitrogens is 1. The Morgan fingerprint density at radius 2 is 2.17 bits per heavy atom. The van der Waals surface area contributed by atoms with Gasteiger partial charge in [-0.05, 0) is 19.3 Å². The number of hydrogen-bond acceptors (Lipinski definition) is 5. The fourth-order valence-corrected chi connectivity index (χ4v) is 2.81. The summed E-state index contributed by atoms with van der Waals surface area (Å²) in [6.45, 7) is 3.03. The highest BCUT2D eigenvalue weighted by Crippen LogP contribution is 2.32. The minimum atomic E-state index is 0.00338. The summed E-state index contributed by atoms with van der Waals surface area (Å²) in [7, 11) is 3.81. The summed E-state index contributed by atoms with van der Waals surface area (Å²) in [5.74, 6) is 0.360. The second-order valence-corrected chi connectivity index (χ2v) is 5.76. The lowest BCUT2D eigenvalue weighted by atomic mass is 10.4. The smallest absolute Gasteiger partial charge is 0.267 e. The molecule has 0 aliphatic heterocycles. The van der Waals surface area contributed by atoms with Gasteiger partial charge in [0.15, 0.2) is 5.13 Å². The molecule has 0 spiro atoms.